The molecule has 172 valence electrons. The van der Waals surface area contributed by atoms with Crippen molar-refractivity contribution in [3.63, 3.8) is 0 Å². The molecule has 3 atom stereocenters. The van der Waals surface area contributed by atoms with E-state index in [0.29, 0.717) is 36.5 Å². The Balaban J connectivity index is 1.74. The average molecular weight is 448 g/mol. The third-order valence-electron chi connectivity index (χ3n) is 6.42. The van der Waals surface area contributed by atoms with Crippen LogP contribution >= 0.6 is 0 Å². The number of esters is 1. The topological polar surface area (TPSA) is 74.2 Å². The molecule has 2 aromatic rings. The van der Waals surface area contributed by atoms with E-state index in [-0.39, 0.29) is 18.3 Å². The third-order valence-corrected chi connectivity index (χ3v) is 6.42. The lowest BCUT2D eigenvalue weighted by molar-refractivity contribution is -0.147. The first-order valence-electron chi connectivity index (χ1n) is 11.2. The van der Waals surface area contributed by atoms with Crippen molar-refractivity contribution in [3.05, 3.63) is 77.0 Å². The zero-order valence-corrected chi connectivity index (χ0v) is 19.2. The molecule has 0 fully saturated rings. The first-order chi connectivity index (χ1) is 16.0. The number of nitrogens with zero attached hydrogens (tertiary/aromatic N) is 1. The quantitative estimate of drug-likeness (QED) is 0.463. The highest BCUT2D eigenvalue weighted by atomic mass is 16.6. The molecule has 6 nitrogen and oxygen atoms in total. The molecular weight excluding hydrogens is 418 g/mol. The monoisotopic (exact) mass is 447 g/mol. The Morgan fingerprint density at radius 1 is 0.970 bits per heavy atom. The van der Waals surface area contributed by atoms with E-state index in [1.807, 2.05) is 49.4 Å². The number of rotatable bonds is 7. The highest BCUT2D eigenvalue weighted by molar-refractivity contribution is 6.09. The molecule has 4 rings (SSSR count). The number of allylic oxidation sites excluding steroid dienone is 2. The number of ketones is 1. The van der Waals surface area contributed by atoms with Crippen molar-refractivity contribution in [1.29, 1.82) is 0 Å². The molecule has 0 N–H and O–H groups in total. The van der Waals surface area contributed by atoms with Crippen LogP contribution in [0.3, 0.4) is 0 Å². The number of ether oxygens (including phenoxy) is 3. The van der Waals surface area contributed by atoms with E-state index in [2.05, 4.69) is 12.1 Å². The minimum absolute atomic E-state index is 0.0388. The zero-order chi connectivity index (χ0) is 23.4. The highest BCUT2D eigenvalue weighted by Crippen LogP contribution is 2.47. The van der Waals surface area contributed by atoms with Crippen molar-refractivity contribution in [3.8, 4) is 5.75 Å². The van der Waals surface area contributed by atoms with Gasteiger partial charge in [-0.05, 0) is 42.5 Å². The summed E-state index contributed by atoms with van der Waals surface area (Å²) < 4.78 is 15.8. The van der Waals surface area contributed by atoms with E-state index in [4.69, 9.17) is 19.2 Å². The first-order valence-corrected chi connectivity index (χ1v) is 11.2. The van der Waals surface area contributed by atoms with E-state index in [9.17, 15) is 9.59 Å². The largest absolute Gasteiger partial charge is 0.497 e. The molecule has 0 saturated carbocycles. The Labute approximate surface area is 194 Å². The maximum atomic E-state index is 13.5. The van der Waals surface area contributed by atoms with Crippen LogP contribution in [-0.4, -0.2) is 44.9 Å². The molecule has 0 amide bonds. The van der Waals surface area contributed by atoms with E-state index >= 15 is 0 Å². The van der Waals surface area contributed by atoms with Crippen LogP contribution < -0.4 is 4.74 Å². The standard InChI is InChI=1S/C27H29NO5/c1-17-24(27(30)33-14-13-31-2)25(19-9-11-21(32-3)12-10-19)26-22(28-17)15-20(16-23(26)29)18-7-5-4-6-8-18/h4-12,20,24-25H,13-16H2,1-3H3/t20-,24?,25-/m0/s1. The van der Waals surface area contributed by atoms with E-state index in [1.165, 1.54) is 0 Å². The summed E-state index contributed by atoms with van der Waals surface area (Å²) in [4.78, 5) is 31.5. The van der Waals surface area contributed by atoms with Crippen LogP contribution in [0.4, 0.5) is 0 Å². The molecule has 1 heterocycles. The molecule has 2 aromatic carbocycles. The number of hydrogen-bond donors (Lipinski definition) is 0. The summed E-state index contributed by atoms with van der Waals surface area (Å²) >= 11 is 0. The highest BCUT2D eigenvalue weighted by Gasteiger charge is 2.44. The molecule has 1 unspecified atom stereocenters. The van der Waals surface area contributed by atoms with Gasteiger partial charge in [-0.25, -0.2) is 0 Å². The fraction of sp³-hybridized carbons (Fsp3) is 0.370. The molecule has 1 aliphatic heterocycles. The third kappa shape index (κ3) is 4.76. The van der Waals surface area contributed by atoms with Crippen LogP contribution in [0.5, 0.6) is 5.75 Å². The van der Waals surface area contributed by atoms with Crippen LogP contribution in [0, 0.1) is 5.92 Å². The van der Waals surface area contributed by atoms with Gasteiger partial charge in [0.05, 0.1) is 13.7 Å². The number of Topliss-reactive ketones (excluding diaryl/α,β-unsaturated/α-hetero) is 1. The van der Waals surface area contributed by atoms with Gasteiger partial charge in [0.2, 0.25) is 0 Å². The number of carbonyl (C=O) groups excluding carboxylic acids is 2. The fourth-order valence-corrected chi connectivity index (χ4v) is 4.81. The molecule has 0 aromatic heterocycles. The summed E-state index contributed by atoms with van der Waals surface area (Å²) in [6.45, 7) is 2.32. The van der Waals surface area contributed by atoms with Gasteiger partial charge in [-0.2, -0.15) is 0 Å². The lowest BCUT2D eigenvalue weighted by Crippen LogP contribution is -2.38. The minimum Gasteiger partial charge on any atom is -0.497 e. The fourth-order valence-electron chi connectivity index (χ4n) is 4.81. The Morgan fingerprint density at radius 3 is 2.36 bits per heavy atom. The predicted octanol–water partition coefficient (Wildman–Crippen LogP) is 4.46. The van der Waals surface area contributed by atoms with E-state index in [0.717, 1.165) is 16.8 Å². The Kier molecular flexibility index (Phi) is 7.04. The molecule has 0 radical (unpaired) electrons. The number of carbonyl (C=O) groups is 2. The van der Waals surface area contributed by atoms with Crippen molar-refractivity contribution in [2.75, 3.05) is 27.4 Å². The van der Waals surface area contributed by atoms with Crippen molar-refractivity contribution in [1.82, 2.24) is 0 Å². The summed E-state index contributed by atoms with van der Waals surface area (Å²) in [6, 6.07) is 17.6. The summed E-state index contributed by atoms with van der Waals surface area (Å²) in [5.74, 6) is -0.660. The maximum Gasteiger partial charge on any atom is 0.315 e. The van der Waals surface area contributed by atoms with Crippen LogP contribution in [-0.2, 0) is 19.1 Å². The zero-order valence-electron chi connectivity index (χ0n) is 19.2. The lowest BCUT2D eigenvalue weighted by atomic mass is 9.69. The van der Waals surface area contributed by atoms with Gasteiger partial charge in [0.1, 0.15) is 18.3 Å². The predicted molar refractivity (Wildman–Crippen MR) is 126 cm³/mol. The van der Waals surface area contributed by atoms with Gasteiger partial charge in [0.25, 0.3) is 0 Å². The Morgan fingerprint density at radius 2 is 1.70 bits per heavy atom. The summed E-state index contributed by atoms with van der Waals surface area (Å²) in [5, 5.41) is 0. The second-order valence-electron chi connectivity index (χ2n) is 8.44. The van der Waals surface area contributed by atoms with Gasteiger partial charge in [-0.1, -0.05) is 42.5 Å². The van der Waals surface area contributed by atoms with Gasteiger partial charge in [0.15, 0.2) is 5.78 Å². The van der Waals surface area contributed by atoms with Crippen LogP contribution in [0.15, 0.2) is 70.9 Å². The second-order valence-corrected chi connectivity index (χ2v) is 8.44. The summed E-state index contributed by atoms with van der Waals surface area (Å²) in [5.41, 5.74) is 4.08. The van der Waals surface area contributed by atoms with Crippen LogP contribution in [0.1, 0.15) is 42.7 Å². The van der Waals surface area contributed by atoms with Gasteiger partial charge in [0, 0.05) is 36.4 Å². The van der Waals surface area contributed by atoms with E-state index in [1.54, 1.807) is 14.2 Å². The lowest BCUT2D eigenvalue weighted by Gasteiger charge is -2.36. The second kappa shape index (κ2) is 10.1. The maximum absolute atomic E-state index is 13.5. The summed E-state index contributed by atoms with van der Waals surface area (Å²) in [7, 11) is 3.17. The molecule has 1 aliphatic carbocycles. The van der Waals surface area contributed by atoms with Gasteiger partial charge < -0.3 is 14.2 Å². The molecule has 6 heteroatoms. The Bertz CT molecular complexity index is 1070. The van der Waals surface area contributed by atoms with Crippen molar-refractivity contribution >= 4 is 17.5 Å². The number of aliphatic imine (C=N–C) groups is 1. The first kappa shape index (κ1) is 22.9. The van der Waals surface area contributed by atoms with Crippen molar-refractivity contribution < 1.29 is 23.8 Å². The Hall–Kier alpha value is -3.25. The molecule has 0 bridgehead atoms. The van der Waals surface area contributed by atoms with Gasteiger partial charge in [-0.3, -0.25) is 14.6 Å². The van der Waals surface area contributed by atoms with Gasteiger partial charge in [-0.15, -0.1) is 0 Å². The number of benzene rings is 2. The number of hydrogen-bond acceptors (Lipinski definition) is 6. The molecule has 0 spiro atoms. The van der Waals surface area contributed by atoms with Crippen LogP contribution in [0.25, 0.3) is 0 Å². The average Bonchev–Trinajstić information content (AvgIpc) is 2.83. The van der Waals surface area contributed by atoms with Gasteiger partial charge >= 0.3 is 5.97 Å². The molecule has 2 aliphatic rings. The number of methoxy groups -OCH3 is 2. The molecular formula is C27H29NO5. The SMILES string of the molecule is COCCOC(=O)C1C(C)=NC2=C(C(=O)C[C@@H](c3ccccc3)C2)[C@H]1c1ccc(OC)cc1. The van der Waals surface area contributed by atoms with Crippen molar-refractivity contribution in [2.24, 2.45) is 10.9 Å². The van der Waals surface area contributed by atoms with Crippen molar-refractivity contribution in [2.45, 2.75) is 31.6 Å². The normalized spacial score (nSPS) is 22.5. The minimum atomic E-state index is -0.661. The van der Waals surface area contributed by atoms with E-state index < -0.39 is 17.8 Å². The van der Waals surface area contributed by atoms with Crippen LogP contribution in [0.2, 0.25) is 0 Å². The molecule has 0 saturated heterocycles. The molecule has 33 heavy (non-hydrogen) atoms. The summed E-state index contributed by atoms with van der Waals surface area (Å²) in [6.07, 6.45) is 1.07. The smallest absolute Gasteiger partial charge is 0.315 e.